The number of fused-ring (bicyclic) bond motifs is 1. The highest BCUT2D eigenvalue weighted by Crippen LogP contribution is 2.39. The van der Waals surface area contributed by atoms with Crippen molar-refractivity contribution in [2.75, 3.05) is 44.1 Å². The van der Waals surface area contributed by atoms with Crippen molar-refractivity contribution in [2.24, 2.45) is 0 Å². The normalized spacial score (nSPS) is 14.1. The van der Waals surface area contributed by atoms with Gasteiger partial charge in [-0.3, -0.25) is 4.79 Å². The van der Waals surface area contributed by atoms with Crippen LogP contribution in [0.4, 0.5) is 11.4 Å². The van der Waals surface area contributed by atoms with Gasteiger partial charge >= 0.3 is 5.97 Å². The molecule has 1 heterocycles. The number of carbonyl (C=O) groups is 1. The number of carboxylic acids is 1. The predicted octanol–water partition coefficient (Wildman–Crippen LogP) is 1.41. The summed E-state index contributed by atoms with van der Waals surface area (Å²) in [5.41, 5.74) is 1.70. The zero-order valence-electron chi connectivity index (χ0n) is 11.1. The molecule has 0 fully saturated rings. The fourth-order valence-corrected chi connectivity index (χ4v) is 2.21. The molecule has 0 saturated heterocycles. The van der Waals surface area contributed by atoms with Gasteiger partial charge in [0.25, 0.3) is 0 Å². The van der Waals surface area contributed by atoms with Gasteiger partial charge in [0.1, 0.15) is 6.54 Å². The molecule has 0 atom stereocenters. The van der Waals surface area contributed by atoms with Crippen LogP contribution in [0.15, 0.2) is 12.1 Å². The van der Waals surface area contributed by atoms with Crippen molar-refractivity contribution in [3.8, 4) is 11.5 Å². The minimum absolute atomic E-state index is 0.0236. The number of methoxy groups -OCH3 is 2. The standard InChI is InChI=1S/C13H18N2O4/c1-18-11-6-9-10(7-12(11)19-2)15(8-13(16)17)5-3-4-14-9/h6-7,14H,3-5,8H2,1-2H3,(H,16,17). The van der Waals surface area contributed by atoms with Gasteiger partial charge in [0.2, 0.25) is 0 Å². The molecule has 0 amide bonds. The highest BCUT2D eigenvalue weighted by Gasteiger charge is 2.20. The molecule has 0 unspecified atom stereocenters. The number of carboxylic acid groups (broad SMARTS) is 1. The van der Waals surface area contributed by atoms with Gasteiger partial charge in [-0.2, -0.15) is 0 Å². The van der Waals surface area contributed by atoms with Crippen LogP contribution in [-0.2, 0) is 4.79 Å². The van der Waals surface area contributed by atoms with Crippen LogP contribution in [0.2, 0.25) is 0 Å². The molecule has 6 nitrogen and oxygen atoms in total. The van der Waals surface area contributed by atoms with Crippen LogP contribution in [0, 0.1) is 0 Å². The van der Waals surface area contributed by atoms with Gasteiger partial charge in [0.15, 0.2) is 11.5 Å². The summed E-state index contributed by atoms with van der Waals surface area (Å²) in [5.74, 6) is 0.383. The Morgan fingerprint density at radius 1 is 1.37 bits per heavy atom. The second-order valence-corrected chi connectivity index (χ2v) is 4.32. The molecule has 0 saturated carbocycles. The van der Waals surface area contributed by atoms with E-state index in [0.29, 0.717) is 18.0 Å². The van der Waals surface area contributed by atoms with Gasteiger partial charge in [0.05, 0.1) is 25.6 Å². The van der Waals surface area contributed by atoms with E-state index in [9.17, 15) is 4.79 Å². The zero-order valence-corrected chi connectivity index (χ0v) is 11.1. The molecule has 0 radical (unpaired) electrons. The molecule has 0 spiro atoms. The summed E-state index contributed by atoms with van der Waals surface area (Å²) in [4.78, 5) is 12.8. The van der Waals surface area contributed by atoms with E-state index in [4.69, 9.17) is 14.6 Å². The summed E-state index contributed by atoms with van der Waals surface area (Å²) in [6.45, 7) is 1.48. The van der Waals surface area contributed by atoms with Crippen LogP contribution in [0.5, 0.6) is 11.5 Å². The molecule has 0 aliphatic carbocycles. The average molecular weight is 266 g/mol. The number of hydrogen-bond acceptors (Lipinski definition) is 5. The monoisotopic (exact) mass is 266 g/mol. The number of hydrogen-bond donors (Lipinski definition) is 2. The minimum atomic E-state index is -0.845. The van der Waals surface area contributed by atoms with Gasteiger partial charge in [-0.1, -0.05) is 0 Å². The number of anilines is 2. The Morgan fingerprint density at radius 2 is 2.05 bits per heavy atom. The maximum Gasteiger partial charge on any atom is 0.323 e. The van der Waals surface area contributed by atoms with Crippen molar-refractivity contribution in [1.82, 2.24) is 0 Å². The molecule has 104 valence electrons. The Bertz CT molecular complexity index is 476. The molecule has 2 N–H and O–H groups in total. The Hall–Kier alpha value is -2.11. The zero-order chi connectivity index (χ0) is 13.8. The lowest BCUT2D eigenvalue weighted by molar-refractivity contribution is -0.135. The topological polar surface area (TPSA) is 71.0 Å². The quantitative estimate of drug-likeness (QED) is 0.858. The number of benzene rings is 1. The van der Waals surface area contributed by atoms with E-state index in [1.807, 2.05) is 17.0 Å². The number of aliphatic carboxylic acids is 1. The molecule has 0 bridgehead atoms. The van der Waals surface area contributed by atoms with Crippen molar-refractivity contribution in [3.05, 3.63) is 12.1 Å². The second kappa shape index (κ2) is 5.69. The first-order valence-corrected chi connectivity index (χ1v) is 6.12. The predicted molar refractivity (Wildman–Crippen MR) is 72.5 cm³/mol. The number of rotatable bonds is 4. The molecule has 1 aliphatic heterocycles. The molecular weight excluding hydrogens is 248 g/mol. The van der Waals surface area contributed by atoms with Crippen LogP contribution >= 0.6 is 0 Å². The molecular formula is C13H18N2O4. The summed E-state index contributed by atoms with van der Waals surface area (Å²) in [7, 11) is 3.14. The van der Waals surface area contributed by atoms with Crippen LogP contribution < -0.4 is 19.7 Å². The molecule has 1 aromatic carbocycles. The maximum absolute atomic E-state index is 10.9. The summed E-state index contributed by atoms with van der Waals surface area (Å²) < 4.78 is 10.5. The first-order chi connectivity index (χ1) is 9.15. The van der Waals surface area contributed by atoms with E-state index in [2.05, 4.69) is 5.32 Å². The fourth-order valence-electron chi connectivity index (χ4n) is 2.21. The summed E-state index contributed by atoms with van der Waals surface area (Å²) >= 11 is 0. The summed E-state index contributed by atoms with van der Waals surface area (Å²) in [6.07, 6.45) is 0.882. The molecule has 2 rings (SSSR count). The first-order valence-electron chi connectivity index (χ1n) is 6.12. The van der Waals surface area contributed by atoms with Gasteiger partial charge in [-0.15, -0.1) is 0 Å². The smallest absolute Gasteiger partial charge is 0.323 e. The van der Waals surface area contributed by atoms with Crippen molar-refractivity contribution in [1.29, 1.82) is 0 Å². The lowest BCUT2D eigenvalue weighted by atomic mass is 10.2. The second-order valence-electron chi connectivity index (χ2n) is 4.32. The van der Waals surface area contributed by atoms with Crippen LogP contribution in [-0.4, -0.2) is 44.9 Å². The van der Waals surface area contributed by atoms with Gasteiger partial charge in [-0.05, 0) is 6.42 Å². The van der Waals surface area contributed by atoms with Crippen molar-refractivity contribution in [2.45, 2.75) is 6.42 Å². The third kappa shape index (κ3) is 2.83. The van der Waals surface area contributed by atoms with E-state index >= 15 is 0 Å². The highest BCUT2D eigenvalue weighted by molar-refractivity contribution is 5.81. The Labute approximate surface area is 111 Å². The average Bonchev–Trinajstić information content (AvgIpc) is 2.59. The van der Waals surface area contributed by atoms with Crippen LogP contribution in [0.3, 0.4) is 0 Å². The Morgan fingerprint density at radius 3 is 2.68 bits per heavy atom. The van der Waals surface area contributed by atoms with Crippen molar-refractivity contribution >= 4 is 17.3 Å². The number of nitrogens with one attached hydrogen (secondary N) is 1. The SMILES string of the molecule is COc1cc2c(cc1OC)N(CC(=O)O)CCCN2. The van der Waals surface area contributed by atoms with E-state index < -0.39 is 5.97 Å². The van der Waals surface area contributed by atoms with Gasteiger partial charge in [0, 0.05) is 25.2 Å². The third-order valence-corrected chi connectivity index (χ3v) is 3.09. The van der Waals surface area contributed by atoms with E-state index in [1.165, 1.54) is 0 Å². The molecule has 1 aliphatic rings. The molecule has 1 aromatic rings. The number of nitrogens with zero attached hydrogens (tertiary/aromatic N) is 1. The minimum Gasteiger partial charge on any atom is -0.493 e. The number of ether oxygens (including phenoxy) is 2. The highest BCUT2D eigenvalue weighted by atomic mass is 16.5. The summed E-state index contributed by atoms with van der Waals surface area (Å²) in [5, 5.41) is 12.3. The van der Waals surface area contributed by atoms with Gasteiger partial charge < -0.3 is 24.8 Å². The third-order valence-electron chi connectivity index (χ3n) is 3.09. The first kappa shape index (κ1) is 13.3. The molecule has 19 heavy (non-hydrogen) atoms. The lowest BCUT2D eigenvalue weighted by Crippen LogP contribution is -2.30. The van der Waals surface area contributed by atoms with E-state index in [0.717, 1.165) is 24.3 Å². The van der Waals surface area contributed by atoms with Crippen LogP contribution in [0.25, 0.3) is 0 Å². The van der Waals surface area contributed by atoms with E-state index in [1.54, 1.807) is 14.2 Å². The molecule has 0 aromatic heterocycles. The largest absolute Gasteiger partial charge is 0.493 e. The fraction of sp³-hybridized carbons (Fsp3) is 0.462. The van der Waals surface area contributed by atoms with Crippen molar-refractivity contribution < 1.29 is 19.4 Å². The van der Waals surface area contributed by atoms with Crippen molar-refractivity contribution in [3.63, 3.8) is 0 Å². The van der Waals surface area contributed by atoms with E-state index in [-0.39, 0.29) is 6.54 Å². The Kier molecular flexibility index (Phi) is 3.99. The van der Waals surface area contributed by atoms with Gasteiger partial charge in [-0.25, -0.2) is 0 Å². The maximum atomic E-state index is 10.9. The molecule has 6 heteroatoms. The summed E-state index contributed by atoms with van der Waals surface area (Å²) in [6, 6.07) is 3.66. The Balaban J connectivity index is 2.43. The lowest BCUT2D eigenvalue weighted by Gasteiger charge is -2.23. The van der Waals surface area contributed by atoms with Crippen LogP contribution in [0.1, 0.15) is 6.42 Å².